The highest BCUT2D eigenvalue weighted by Crippen LogP contribution is 2.26. The Morgan fingerprint density at radius 1 is 1.09 bits per heavy atom. The summed E-state index contributed by atoms with van der Waals surface area (Å²) in [6.07, 6.45) is 5.00. The van der Waals surface area contributed by atoms with Crippen molar-refractivity contribution >= 4 is 28.5 Å². The number of unbranched alkanes of at least 4 members (excludes halogenated alkanes) is 1. The lowest BCUT2D eigenvalue weighted by Crippen LogP contribution is -2.24. The molecule has 4 aromatic rings. The van der Waals surface area contributed by atoms with Gasteiger partial charge in [-0.25, -0.2) is 4.98 Å². The van der Waals surface area contributed by atoms with Gasteiger partial charge < -0.3 is 19.0 Å². The molecule has 7 heteroatoms. The van der Waals surface area contributed by atoms with Gasteiger partial charge in [0.05, 0.1) is 23.9 Å². The maximum absolute atomic E-state index is 12.0. The Labute approximate surface area is 204 Å². The summed E-state index contributed by atoms with van der Waals surface area (Å²) in [5.41, 5.74) is 4.21. The van der Waals surface area contributed by atoms with Gasteiger partial charge in [0.25, 0.3) is 5.91 Å². The monoisotopic (exact) mass is 479 g/mol. The molecule has 34 heavy (non-hydrogen) atoms. The van der Waals surface area contributed by atoms with Crippen LogP contribution in [0.25, 0.3) is 11.0 Å². The first kappa shape index (κ1) is 23.9. The molecule has 0 fully saturated rings. The molecule has 6 nitrogen and oxygen atoms in total. The van der Waals surface area contributed by atoms with Crippen LogP contribution in [0.1, 0.15) is 46.8 Å². The maximum atomic E-state index is 12.0. The van der Waals surface area contributed by atoms with E-state index in [1.165, 1.54) is 6.26 Å². The summed E-state index contributed by atoms with van der Waals surface area (Å²) in [5, 5.41) is 3.70. The van der Waals surface area contributed by atoms with Gasteiger partial charge in [0.15, 0.2) is 5.76 Å². The molecule has 0 saturated heterocycles. The summed E-state index contributed by atoms with van der Waals surface area (Å²) < 4.78 is 13.4. The van der Waals surface area contributed by atoms with Gasteiger partial charge in [0.2, 0.25) is 0 Å². The number of hydrogen-bond donors (Lipinski definition) is 1. The van der Waals surface area contributed by atoms with E-state index in [1.807, 2.05) is 44.2 Å². The predicted octanol–water partition coefficient (Wildman–Crippen LogP) is 6.12. The molecule has 0 aliphatic heterocycles. The minimum absolute atomic E-state index is 0.190. The van der Waals surface area contributed by atoms with Crippen LogP contribution in [0.3, 0.4) is 0 Å². The molecular weight excluding hydrogens is 450 g/mol. The maximum Gasteiger partial charge on any atom is 0.286 e. The lowest BCUT2D eigenvalue weighted by molar-refractivity contribution is 0.0925. The van der Waals surface area contributed by atoms with E-state index in [1.54, 1.807) is 12.1 Å². The Hall–Kier alpha value is -3.25. The van der Waals surface area contributed by atoms with Crippen molar-refractivity contribution in [1.82, 2.24) is 14.9 Å². The number of rotatable bonds is 11. The van der Waals surface area contributed by atoms with Crippen LogP contribution in [0.4, 0.5) is 0 Å². The number of ether oxygens (including phenoxy) is 1. The molecule has 0 atom stereocenters. The second-order valence-corrected chi connectivity index (χ2v) is 8.81. The number of halogens is 1. The van der Waals surface area contributed by atoms with E-state index < -0.39 is 0 Å². The van der Waals surface area contributed by atoms with Crippen molar-refractivity contribution in [2.75, 3.05) is 13.2 Å². The number of carbonyl (C=O) groups is 1. The van der Waals surface area contributed by atoms with Gasteiger partial charge in [-0.05, 0) is 80.6 Å². The Bertz CT molecular complexity index is 1220. The van der Waals surface area contributed by atoms with Crippen molar-refractivity contribution in [3.8, 4) is 5.75 Å². The van der Waals surface area contributed by atoms with Crippen LogP contribution >= 0.6 is 11.6 Å². The number of hydrogen-bond acceptors (Lipinski definition) is 4. The molecule has 178 valence electrons. The molecule has 0 bridgehead atoms. The minimum Gasteiger partial charge on any atom is -0.494 e. The molecule has 2 aromatic carbocycles. The summed E-state index contributed by atoms with van der Waals surface area (Å²) >= 11 is 6.25. The van der Waals surface area contributed by atoms with Crippen molar-refractivity contribution in [3.05, 3.63) is 82.5 Å². The summed E-state index contributed by atoms with van der Waals surface area (Å²) in [6, 6.07) is 15.6. The third kappa shape index (κ3) is 5.81. The molecule has 0 aliphatic carbocycles. The zero-order chi connectivity index (χ0) is 23.9. The molecule has 4 rings (SSSR count). The number of imidazole rings is 1. The number of aromatic nitrogens is 2. The molecule has 1 N–H and O–H groups in total. The Morgan fingerprint density at radius 2 is 1.88 bits per heavy atom. The number of fused-ring (bicyclic) bond motifs is 1. The molecule has 2 aromatic heterocycles. The average Bonchev–Trinajstić information content (AvgIpc) is 3.48. The van der Waals surface area contributed by atoms with Crippen molar-refractivity contribution in [3.63, 3.8) is 0 Å². The fourth-order valence-corrected chi connectivity index (χ4v) is 4.17. The lowest BCUT2D eigenvalue weighted by atomic mass is 10.1. The zero-order valence-electron chi connectivity index (χ0n) is 19.6. The van der Waals surface area contributed by atoms with E-state index in [2.05, 4.69) is 16.0 Å². The first-order chi connectivity index (χ1) is 16.5. The van der Waals surface area contributed by atoms with Crippen LogP contribution < -0.4 is 10.1 Å². The van der Waals surface area contributed by atoms with Crippen LogP contribution in [-0.4, -0.2) is 28.6 Å². The quantitative estimate of drug-likeness (QED) is 0.263. The standard InChI is InChI=1S/C27H30ClN3O3/c1-19-17-21(18-20(2)26(19)28)33-15-6-5-14-31-23-10-4-3-9-22(23)30-25(31)12-7-13-29-27(32)24-11-8-16-34-24/h3-4,8-11,16-18H,5-7,12-15H2,1-2H3,(H,29,32). The highest BCUT2D eigenvalue weighted by Gasteiger charge is 2.12. The van der Waals surface area contributed by atoms with E-state index in [0.29, 0.717) is 18.9 Å². The fourth-order valence-electron chi connectivity index (χ4n) is 4.06. The van der Waals surface area contributed by atoms with E-state index >= 15 is 0 Å². The number of furan rings is 1. The van der Waals surface area contributed by atoms with Crippen LogP contribution in [0.5, 0.6) is 5.75 Å². The van der Waals surface area contributed by atoms with Crippen LogP contribution in [0.2, 0.25) is 5.02 Å². The Morgan fingerprint density at radius 3 is 2.65 bits per heavy atom. The summed E-state index contributed by atoms with van der Waals surface area (Å²) in [6.45, 7) is 6.08. The number of para-hydroxylation sites is 2. The first-order valence-electron chi connectivity index (χ1n) is 11.7. The number of carbonyl (C=O) groups excluding carboxylic acids is 1. The minimum atomic E-state index is -0.190. The lowest BCUT2D eigenvalue weighted by Gasteiger charge is -2.12. The molecule has 1 amide bonds. The Kier molecular flexibility index (Phi) is 7.91. The summed E-state index contributed by atoms with van der Waals surface area (Å²) in [5.74, 6) is 2.05. The van der Waals surface area contributed by atoms with Gasteiger partial charge in [-0.3, -0.25) is 4.79 Å². The SMILES string of the molecule is Cc1cc(OCCCCn2c(CCCNC(=O)c3ccco3)nc3ccccc32)cc(C)c1Cl. The van der Waals surface area contributed by atoms with Crippen LogP contribution in [-0.2, 0) is 13.0 Å². The normalized spacial score (nSPS) is 11.1. The first-order valence-corrected chi connectivity index (χ1v) is 12.1. The zero-order valence-corrected chi connectivity index (χ0v) is 20.4. The van der Waals surface area contributed by atoms with Crippen LogP contribution in [0.15, 0.2) is 59.2 Å². The Balaban J connectivity index is 1.30. The van der Waals surface area contributed by atoms with Gasteiger partial charge in [-0.1, -0.05) is 23.7 Å². The van der Waals surface area contributed by atoms with Crippen molar-refractivity contribution in [1.29, 1.82) is 0 Å². The van der Waals surface area contributed by atoms with Crippen molar-refractivity contribution < 1.29 is 13.9 Å². The van der Waals surface area contributed by atoms with Crippen molar-refractivity contribution in [2.45, 2.75) is 46.1 Å². The number of benzene rings is 2. The molecule has 0 saturated carbocycles. The highest BCUT2D eigenvalue weighted by atomic mass is 35.5. The number of nitrogens with one attached hydrogen (secondary N) is 1. The van der Waals surface area contributed by atoms with Gasteiger partial charge >= 0.3 is 0 Å². The largest absolute Gasteiger partial charge is 0.494 e. The summed E-state index contributed by atoms with van der Waals surface area (Å²) in [7, 11) is 0. The number of amides is 1. The fraction of sp³-hybridized carbons (Fsp3) is 0.333. The highest BCUT2D eigenvalue weighted by molar-refractivity contribution is 6.32. The number of aryl methyl sites for hydroxylation is 4. The predicted molar refractivity (Wildman–Crippen MR) is 135 cm³/mol. The molecule has 0 radical (unpaired) electrons. The molecule has 0 unspecified atom stereocenters. The molecule has 0 spiro atoms. The van der Waals surface area contributed by atoms with Gasteiger partial charge in [0, 0.05) is 24.5 Å². The van der Waals surface area contributed by atoms with Crippen LogP contribution in [0, 0.1) is 13.8 Å². The van der Waals surface area contributed by atoms with Gasteiger partial charge in [-0.2, -0.15) is 0 Å². The second-order valence-electron chi connectivity index (χ2n) is 8.43. The third-order valence-electron chi connectivity index (χ3n) is 5.80. The second kappa shape index (κ2) is 11.3. The van der Waals surface area contributed by atoms with E-state index in [0.717, 1.165) is 71.0 Å². The smallest absolute Gasteiger partial charge is 0.286 e. The number of nitrogens with zero attached hydrogens (tertiary/aromatic N) is 2. The topological polar surface area (TPSA) is 69.3 Å². The molecule has 0 aliphatic rings. The summed E-state index contributed by atoms with van der Waals surface area (Å²) in [4.78, 5) is 16.9. The molecule has 2 heterocycles. The third-order valence-corrected chi connectivity index (χ3v) is 6.39. The van der Waals surface area contributed by atoms with E-state index in [4.69, 9.17) is 25.7 Å². The average molecular weight is 480 g/mol. The van der Waals surface area contributed by atoms with Gasteiger partial charge in [0.1, 0.15) is 11.6 Å². The molecular formula is C27H30ClN3O3. The van der Waals surface area contributed by atoms with Gasteiger partial charge in [-0.15, -0.1) is 0 Å². The van der Waals surface area contributed by atoms with E-state index in [-0.39, 0.29) is 5.91 Å². The van der Waals surface area contributed by atoms with E-state index in [9.17, 15) is 4.79 Å². The van der Waals surface area contributed by atoms with Crippen molar-refractivity contribution in [2.24, 2.45) is 0 Å².